The first-order valence-electron chi connectivity index (χ1n) is 7.40. The van der Waals surface area contributed by atoms with Crippen molar-refractivity contribution in [2.45, 2.75) is 40.0 Å². The van der Waals surface area contributed by atoms with Gasteiger partial charge in [0.2, 0.25) is 0 Å². The summed E-state index contributed by atoms with van der Waals surface area (Å²) in [6.45, 7) is 8.80. The maximum atomic E-state index is 2.38. The van der Waals surface area contributed by atoms with Gasteiger partial charge in [-0.15, -0.1) is 0 Å². The van der Waals surface area contributed by atoms with Gasteiger partial charge < -0.3 is 0 Å². The van der Waals surface area contributed by atoms with Crippen LogP contribution in [0.1, 0.15) is 44.9 Å². The van der Waals surface area contributed by atoms with E-state index < -0.39 is 0 Å². The first-order valence-corrected chi connectivity index (χ1v) is 7.40. The third-order valence-corrected chi connectivity index (χ3v) is 4.65. The van der Waals surface area contributed by atoms with Crippen LogP contribution in [0.15, 0.2) is 42.5 Å². The SMILES string of the molecule is Cc1ccc(C2C=CCc3cc(C)c(C)cc32)cc1C. The van der Waals surface area contributed by atoms with Crippen molar-refractivity contribution in [1.82, 2.24) is 0 Å². The predicted octanol–water partition coefficient (Wildman–Crippen LogP) is 5.16. The molecular weight excluding hydrogens is 240 g/mol. The van der Waals surface area contributed by atoms with Gasteiger partial charge in [-0.1, -0.05) is 42.5 Å². The van der Waals surface area contributed by atoms with E-state index in [1.165, 1.54) is 38.9 Å². The lowest BCUT2D eigenvalue weighted by atomic mass is 9.81. The predicted molar refractivity (Wildman–Crippen MR) is 86.5 cm³/mol. The summed E-state index contributed by atoms with van der Waals surface area (Å²) in [6, 6.07) is 11.6. The minimum atomic E-state index is 0.414. The van der Waals surface area contributed by atoms with E-state index in [4.69, 9.17) is 0 Å². The summed E-state index contributed by atoms with van der Waals surface area (Å²) in [5.41, 5.74) is 9.93. The van der Waals surface area contributed by atoms with Crippen LogP contribution >= 0.6 is 0 Å². The van der Waals surface area contributed by atoms with Crippen LogP contribution in [-0.4, -0.2) is 0 Å². The molecule has 0 N–H and O–H groups in total. The summed E-state index contributed by atoms with van der Waals surface area (Å²) in [5.74, 6) is 0.414. The molecule has 0 amide bonds. The van der Waals surface area contributed by atoms with E-state index >= 15 is 0 Å². The van der Waals surface area contributed by atoms with Gasteiger partial charge in [0.15, 0.2) is 0 Å². The Hall–Kier alpha value is -1.82. The highest BCUT2D eigenvalue weighted by atomic mass is 14.2. The van der Waals surface area contributed by atoms with Gasteiger partial charge in [0, 0.05) is 5.92 Å². The molecule has 0 aromatic heterocycles. The van der Waals surface area contributed by atoms with Crippen molar-refractivity contribution in [3.63, 3.8) is 0 Å². The Kier molecular flexibility index (Phi) is 3.25. The Morgan fingerprint density at radius 3 is 2.25 bits per heavy atom. The Labute approximate surface area is 122 Å². The lowest BCUT2D eigenvalue weighted by Crippen LogP contribution is -2.08. The Morgan fingerprint density at radius 2 is 1.50 bits per heavy atom. The molecule has 0 heterocycles. The first-order chi connectivity index (χ1) is 9.56. The fraction of sp³-hybridized carbons (Fsp3) is 0.300. The van der Waals surface area contributed by atoms with E-state index in [2.05, 4.69) is 70.2 Å². The number of hydrogen-bond acceptors (Lipinski definition) is 0. The van der Waals surface area contributed by atoms with Gasteiger partial charge in [0.05, 0.1) is 0 Å². The topological polar surface area (TPSA) is 0 Å². The number of fused-ring (bicyclic) bond motifs is 1. The molecule has 1 aliphatic rings. The highest BCUT2D eigenvalue weighted by Gasteiger charge is 2.19. The minimum Gasteiger partial charge on any atom is -0.0832 e. The van der Waals surface area contributed by atoms with Gasteiger partial charge in [-0.25, -0.2) is 0 Å². The molecule has 1 atom stereocenters. The second-order valence-corrected chi connectivity index (χ2v) is 6.09. The molecule has 2 aromatic carbocycles. The van der Waals surface area contributed by atoms with Gasteiger partial charge in [0.25, 0.3) is 0 Å². The average molecular weight is 262 g/mol. The fourth-order valence-corrected chi connectivity index (χ4v) is 3.05. The Morgan fingerprint density at radius 1 is 0.800 bits per heavy atom. The van der Waals surface area contributed by atoms with E-state index in [0.717, 1.165) is 6.42 Å². The average Bonchev–Trinajstić information content (AvgIpc) is 2.43. The summed E-state index contributed by atoms with van der Waals surface area (Å²) in [7, 11) is 0. The van der Waals surface area contributed by atoms with Crippen molar-refractivity contribution < 1.29 is 0 Å². The molecule has 3 rings (SSSR count). The summed E-state index contributed by atoms with van der Waals surface area (Å²) in [5, 5.41) is 0. The van der Waals surface area contributed by atoms with E-state index in [1.54, 1.807) is 0 Å². The molecule has 0 saturated heterocycles. The van der Waals surface area contributed by atoms with Crippen LogP contribution in [0, 0.1) is 27.7 Å². The van der Waals surface area contributed by atoms with Crippen molar-refractivity contribution in [3.8, 4) is 0 Å². The van der Waals surface area contributed by atoms with Crippen LogP contribution < -0.4 is 0 Å². The summed E-state index contributed by atoms with van der Waals surface area (Å²) in [4.78, 5) is 0. The summed E-state index contributed by atoms with van der Waals surface area (Å²) >= 11 is 0. The zero-order valence-electron chi connectivity index (χ0n) is 12.8. The number of rotatable bonds is 1. The van der Waals surface area contributed by atoms with Crippen molar-refractivity contribution in [2.75, 3.05) is 0 Å². The number of benzene rings is 2. The van der Waals surface area contributed by atoms with Gasteiger partial charge in [0.1, 0.15) is 0 Å². The molecule has 0 heteroatoms. The molecule has 0 saturated carbocycles. The van der Waals surface area contributed by atoms with E-state index in [0.29, 0.717) is 5.92 Å². The first kappa shape index (κ1) is 13.2. The molecule has 2 aromatic rings. The van der Waals surface area contributed by atoms with Crippen LogP contribution in [-0.2, 0) is 6.42 Å². The molecule has 0 bridgehead atoms. The lowest BCUT2D eigenvalue weighted by Gasteiger charge is -2.23. The monoisotopic (exact) mass is 262 g/mol. The molecule has 102 valence electrons. The number of hydrogen-bond donors (Lipinski definition) is 0. The molecule has 0 aliphatic heterocycles. The number of allylic oxidation sites excluding steroid dienone is 2. The van der Waals surface area contributed by atoms with Crippen LogP contribution in [0.5, 0.6) is 0 Å². The summed E-state index contributed by atoms with van der Waals surface area (Å²) in [6.07, 6.45) is 5.75. The van der Waals surface area contributed by atoms with E-state index in [1.807, 2.05) is 0 Å². The molecule has 1 unspecified atom stereocenters. The highest BCUT2D eigenvalue weighted by Crippen LogP contribution is 2.34. The molecular formula is C20H22. The fourth-order valence-electron chi connectivity index (χ4n) is 3.05. The van der Waals surface area contributed by atoms with Crippen LogP contribution in [0.3, 0.4) is 0 Å². The number of aryl methyl sites for hydroxylation is 4. The quantitative estimate of drug-likeness (QED) is 0.622. The largest absolute Gasteiger partial charge is 0.0832 e. The second kappa shape index (κ2) is 4.94. The van der Waals surface area contributed by atoms with Crippen LogP contribution in [0.2, 0.25) is 0 Å². The maximum absolute atomic E-state index is 2.38. The second-order valence-electron chi connectivity index (χ2n) is 6.09. The van der Waals surface area contributed by atoms with Gasteiger partial charge in [-0.05, 0) is 73.1 Å². The van der Waals surface area contributed by atoms with Crippen LogP contribution in [0.25, 0.3) is 0 Å². The molecule has 20 heavy (non-hydrogen) atoms. The zero-order chi connectivity index (χ0) is 14.3. The maximum Gasteiger partial charge on any atom is 0.0272 e. The third-order valence-electron chi connectivity index (χ3n) is 4.65. The minimum absolute atomic E-state index is 0.414. The Bertz CT molecular complexity index is 689. The van der Waals surface area contributed by atoms with Gasteiger partial charge in [-0.3, -0.25) is 0 Å². The van der Waals surface area contributed by atoms with Crippen molar-refractivity contribution in [3.05, 3.63) is 81.4 Å². The Balaban J connectivity index is 2.12. The highest BCUT2D eigenvalue weighted by molar-refractivity contribution is 5.49. The molecule has 0 spiro atoms. The molecule has 0 nitrogen and oxygen atoms in total. The van der Waals surface area contributed by atoms with Crippen LogP contribution in [0.4, 0.5) is 0 Å². The van der Waals surface area contributed by atoms with Crippen molar-refractivity contribution in [1.29, 1.82) is 0 Å². The van der Waals surface area contributed by atoms with Crippen molar-refractivity contribution in [2.24, 2.45) is 0 Å². The molecule has 0 fully saturated rings. The van der Waals surface area contributed by atoms with Gasteiger partial charge in [-0.2, -0.15) is 0 Å². The normalized spacial score (nSPS) is 17.1. The smallest absolute Gasteiger partial charge is 0.0272 e. The molecule has 1 aliphatic carbocycles. The third kappa shape index (κ3) is 2.20. The molecule has 0 radical (unpaired) electrons. The van der Waals surface area contributed by atoms with E-state index in [-0.39, 0.29) is 0 Å². The summed E-state index contributed by atoms with van der Waals surface area (Å²) < 4.78 is 0. The van der Waals surface area contributed by atoms with Crippen molar-refractivity contribution >= 4 is 0 Å². The standard InChI is InChI=1S/C20H22/c1-13-8-9-18(10-14(13)2)19-7-5-6-17-11-15(3)16(4)12-20(17)19/h5,7-12,19H,6H2,1-4H3. The zero-order valence-corrected chi connectivity index (χ0v) is 12.8. The van der Waals surface area contributed by atoms with E-state index in [9.17, 15) is 0 Å². The van der Waals surface area contributed by atoms with Gasteiger partial charge >= 0.3 is 0 Å². The lowest BCUT2D eigenvalue weighted by molar-refractivity contribution is 0.942.